The molecule has 70 heavy (non-hydrogen) atoms. The van der Waals surface area contributed by atoms with Gasteiger partial charge in [-0.2, -0.15) is 11.8 Å². The molecule has 3 aliphatic rings. The van der Waals surface area contributed by atoms with Crippen molar-refractivity contribution in [2.45, 2.75) is 138 Å². The van der Waals surface area contributed by atoms with Crippen molar-refractivity contribution in [2.24, 2.45) is 23.3 Å². The first-order valence-electron chi connectivity index (χ1n) is 24.1. The van der Waals surface area contributed by atoms with Gasteiger partial charge in [0.1, 0.15) is 18.1 Å². The second-order valence-corrected chi connectivity index (χ2v) is 19.5. The number of H-pyrrole nitrogens is 1. The first-order valence-corrected chi connectivity index (χ1v) is 25.1. The Labute approximate surface area is 409 Å². The number of hydrogen-bond acceptors (Lipinski definition) is 12. The number of para-hydroxylation sites is 1. The van der Waals surface area contributed by atoms with Gasteiger partial charge in [0.05, 0.1) is 25.2 Å². The number of hydrogen-bond donors (Lipinski definition) is 13. The molecule has 24 heteroatoms. The maximum atomic E-state index is 14.0. The molecular formula is C46H68N12O11S. The van der Waals surface area contributed by atoms with E-state index in [0.29, 0.717) is 49.5 Å². The molecule has 1 aliphatic carbocycles. The molecule has 2 aromatic rings. The summed E-state index contributed by atoms with van der Waals surface area (Å²) in [6, 6.07) is 3.66. The van der Waals surface area contributed by atoms with Gasteiger partial charge >= 0.3 is 6.03 Å². The average Bonchev–Trinajstić information content (AvgIpc) is 4.15. The third-order valence-corrected chi connectivity index (χ3v) is 14.4. The zero-order valence-corrected chi connectivity index (χ0v) is 40.1. The van der Waals surface area contributed by atoms with Crippen LogP contribution < -0.4 is 59.5 Å². The summed E-state index contributed by atoms with van der Waals surface area (Å²) in [5, 5.41) is 31.7. The van der Waals surface area contributed by atoms with Crippen molar-refractivity contribution in [3.05, 3.63) is 36.0 Å². The van der Waals surface area contributed by atoms with E-state index in [9.17, 15) is 53.2 Å². The first-order chi connectivity index (χ1) is 33.6. The Morgan fingerprint density at radius 2 is 1.49 bits per heavy atom. The summed E-state index contributed by atoms with van der Waals surface area (Å²) in [6.45, 7) is -0.807. The number of hydroxylamine groups is 1. The number of rotatable bonds is 30. The lowest BCUT2D eigenvalue weighted by atomic mass is 9.89. The van der Waals surface area contributed by atoms with Gasteiger partial charge in [0.2, 0.25) is 53.2 Å². The monoisotopic (exact) mass is 996 g/mol. The average molecular weight is 997 g/mol. The van der Waals surface area contributed by atoms with E-state index in [1.165, 1.54) is 0 Å². The zero-order chi connectivity index (χ0) is 50.6. The summed E-state index contributed by atoms with van der Waals surface area (Å²) in [6.07, 6.45) is 8.71. The van der Waals surface area contributed by atoms with Crippen LogP contribution in [0.1, 0.15) is 102 Å². The van der Waals surface area contributed by atoms with Crippen LogP contribution in [0.15, 0.2) is 30.5 Å². The zero-order valence-electron chi connectivity index (χ0n) is 39.2. The number of carbonyl (C=O) groups is 10. The molecule has 1 aromatic heterocycles. The second kappa shape index (κ2) is 27.7. The van der Waals surface area contributed by atoms with E-state index in [4.69, 9.17) is 11.5 Å². The van der Waals surface area contributed by atoms with Crippen molar-refractivity contribution >= 4 is 81.9 Å². The quantitative estimate of drug-likeness (QED) is 0.0199. The molecule has 0 bridgehead atoms. The van der Waals surface area contributed by atoms with Crippen LogP contribution >= 0.6 is 11.8 Å². The minimum Gasteiger partial charge on any atom is -0.370 e. The molecule has 3 fully saturated rings. The Balaban J connectivity index is 1.08. The molecule has 7 atom stereocenters. The highest BCUT2D eigenvalue weighted by molar-refractivity contribution is 8.00. The number of benzene rings is 1. The SMILES string of the molecule is NC(=O)CC[C@H](NC(=O)C(CC(=O)NO)CC1CCCC1)C(=O)N[C@@H](Cc1c[nH]c2ccccc12)C(=O)NCC(=O)NCC(=O)N[C@@H](CCCCNC(=O)CCCC[C@@H]1SC[C@@H]2NC(=O)N[C@@H]21)C(N)=O. The number of urea groups is 1. The highest BCUT2D eigenvalue weighted by atomic mass is 32.2. The van der Waals surface area contributed by atoms with Gasteiger partial charge in [-0.15, -0.1) is 0 Å². The molecule has 5 rings (SSSR count). The van der Waals surface area contributed by atoms with E-state index in [1.54, 1.807) is 17.7 Å². The minimum absolute atomic E-state index is 0.0769. The third kappa shape index (κ3) is 17.5. The normalized spacial score (nSPS) is 19.0. The maximum absolute atomic E-state index is 14.0. The Morgan fingerprint density at radius 1 is 0.743 bits per heavy atom. The molecule has 1 unspecified atom stereocenters. The van der Waals surface area contributed by atoms with Crippen molar-refractivity contribution in [1.82, 2.24) is 53.0 Å². The summed E-state index contributed by atoms with van der Waals surface area (Å²) >= 11 is 1.83. The molecule has 11 amide bonds. The van der Waals surface area contributed by atoms with Gasteiger partial charge in [-0.25, -0.2) is 10.3 Å². The minimum atomic E-state index is -1.37. The fraction of sp³-hybridized carbons (Fsp3) is 0.609. The molecule has 2 aliphatic heterocycles. The fourth-order valence-corrected chi connectivity index (χ4v) is 10.7. The van der Waals surface area contributed by atoms with Gasteiger partial charge in [-0.1, -0.05) is 50.3 Å². The van der Waals surface area contributed by atoms with Crippen LogP contribution in [0.25, 0.3) is 10.9 Å². The summed E-state index contributed by atoms with van der Waals surface area (Å²) in [7, 11) is 0. The number of primary amides is 2. The highest BCUT2D eigenvalue weighted by Gasteiger charge is 2.42. The van der Waals surface area contributed by atoms with Crippen LogP contribution in [-0.4, -0.2) is 130 Å². The van der Waals surface area contributed by atoms with Gasteiger partial charge < -0.3 is 59.0 Å². The summed E-state index contributed by atoms with van der Waals surface area (Å²) < 4.78 is 0. The molecule has 3 heterocycles. The molecule has 1 saturated carbocycles. The Kier molecular flexibility index (Phi) is 21.6. The molecule has 0 radical (unpaired) electrons. The van der Waals surface area contributed by atoms with E-state index in [2.05, 4.69) is 47.5 Å². The van der Waals surface area contributed by atoms with Crippen LogP contribution in [0.5, 0.6) is 0 Å². The number of nitrogens with one attached hydrogen (secondary N) is 10. The third-order valence-electron chi connectivity index (χ3n) is 12.9. The summed E-state index contributed by atoms with van der Waals surface area (Å²) in [5.41, 5.74) is 13.9. The topological polar surface area (TPSA) is 367 Å². The maximum Gasteiger partial charge on any atom is 0.315 e. The molecule has 384 valence electrons. The number of aromatic amines is 1. The smallest absolute Gasteiger partial charge is 0.315 e. The summed E-state index contributed by atoms with van der Waals surface area (Å²) in [5.74, 6) is -6.05. The van der Waals surface area contributed by atoms with Gasteiger partial charge in [-0.05, 0) is 62.5 Å². The van der Waals surface area contributed by atoms with Gasteiger partial charge in [0.25, 0.3) is 0 Å². The predicted molar refractivity (Wildman–Crippen MR) is 257 cm³/mol. The lowest BCUT2D eigenvalue weighted by molar-refractivity contribution is -0.137. The fourth-order valence-electron chi connectivity index (χ4n) is 9.17. The van der Waals surface area contributed by atoms with E-state index < -0.39 is 84.4 Å². The van der Waals surface area contributed by atoms with Crippen molar-refractivity contribution in [2.75, 3.05) is 25.4 Å². The van der Waals surface area contributed by atoms with E-state index in [0.717, 1.165) is 55.2 Å². The highest BCUT2D eigenvalue weighted by Crippen LogP contribution is 2.34. The second-order valence-electron chi connectivity index (χ2n) is 18.2. The molecule has 0 spiro atoms. The standard InChI is InChI=1S/C46H68N12O11S/c47-36(59)17-16-32(54-43(65)27(21-38(61)58-69)19-26-9-1-2-10-26)45(67)55-33(20-28-22-50-30-12-4-3-11-29(28)30)44(66)52-23-39(62)51-24-40(63)53-31(42(48)64)13-7-8-18-49-37(60)15-6-5-14-35-41-34(25-70-35)56-46(68)57-41/h3-4,11-12,22,26-27,31-35,41,50,69H,1-2,5-10,13-21,23-25H2,(H2,47,59)(H2,48,64)(H,49,60)(H,51,62)(H,52,66)(H,53,63)(H,54,65)(H,55,67)(H,58,61)(H2,56,57,68)/t27?,31-,32-,33-,34-,35-,41-/m0/s1. The predicted octanol–water partition coefficient (Wildman–Crippen LogP) is -0.748. The molecule has 1 aromatic carbocycles. The Morgan fingerprint density at radius 3 is 2.23 bits per heavy atom. The van der Waals surface area contributed by atoms with Crippen LogP contribution in [0.3, 0.4) is 0 Å². The molecule has 15 N–H and O–H groups in total. The number of amides is 11. The van der Waals surface area contributed by atoms with Crippen molar-refractivity contribution in [1.29, 1.82) is 0 Å². The first kappa shape index (κ1) is 54.5. The number of nitrogens with two attached hydrogens (primary N) is 2. The number of aromatic nitrogens is 1. The largest absolute Gasteiger partial charge is 0.370 e. The Bertz CT molecular complexity index is 2190. The van der Waals surface area contributed by atoms with Crippen LogP contribution in [0.4, 0.5) is 4.79 Å². The van der Waals surface area contributed by atoms with Gasteiger partial charge in [-0.3, -0.25) is 48.4 Å². The number of thioether (sulfide) groups is 1. The van der Waals surface area contributed by atoms with Crippen LogP contribution in [0.2, 0.25) is 0 Å². The molecular weight excluding hydrogens is 929 g/mol. The molecule has 23 nitrogen and oxygen atoms in total. The lowest BCUT2D eigenvalue weighted by Crippen LogP contribution is -2.56. The van der Waals surface area contributed by atoms with Crippen LogP contribution in [-0.2, 0) is 49.6 Å². The molecule has 2 saturated heterocycles. The van der Waals surface area contributed by atoms with Gasteiger partial charge in [0.15, 0.2) is 0 Å². The lowest BCUT2D eigenvalue weighted by Gasteiger charge is -2.25. The number of fused-ring (bicyclic) bond motifs is 2. The van der Waals surface area contributed by atoms with Crippen LogP contribution in [0, 0.1) is 11.8 Å². The van der Waals surface area contributed by atoms with E-state index in [-0.39, 0.29) is 62.0 Å². The van der Waals surface area contributed by atoms with Crippen molar-refractivity contribution < 1.29 is 53.2 Å². The van der Waals surface area contributed by atoms with Crippen molar-refractivity contribution in [3.63, 3.8) is 0 Å². The number of unbranched alkanes of at least 4 members (excludes halogenated alkanes) is 2. The summed E-state index contributed by atoms with van der Waals surface area (Å²) in [4.78, 5) is 130. The van der Waals surface area contributed by atoms with E-state index >= 15 is 0 Å². The van der Waals surface area contributed by atoms with Crippen molar-refractivity contribution in [3.8, 4) is 0 Å². The number of carbonyl (C=O) groups excluding carboxylic acids is 10. The van der Waals surface area contributed by atoms with E-state index in [1.807, 2.05) is 30.0 Å². The van der Waals surface area contributed by atoms with Gasteiger partial charge in [0, 0.05) is 66.2 Å². The Hall–Kier alpha value is -6.43.